The molecule has 1 saturated heterocycles. The van der Waals surface area contributed by atoms with Gasteiger partial charge in [0, 0.05) is 6.54 Å². The molecule has 1 aromatic carbocycles. The second-order valence-electron chi connectivity index (χ2n) is 3.55. The Morgan fingerprint density at radius 2 is 2.12 bits per heavy atom. The minimum Gasteiger partial charge on any atom is -0.397 e. The van der Waals surface area contributed by atoms with Crippen LogP contribution in [-0.2, 0) is 14.9 Å². The lowest BCUT2D eigenvalue weighted by molar-refractivity contribution is 0.168. The van der Waals surface area contributed by atoms with Gasteiger partial charge in [-0.2, -0.15) is 0 Å². The monoisotopic (exact) mass is 243 g/mol. The molecule has 0 amide bonds. The first kappa shape index (κ1) is 11.2. The smallest absolute Gasteiger partial charge is 0.238 e. The van der Waals surface area contributed by atoms with E-state index in [4.69, 9.17) is 15.7 Å². The lowest BCUT2D eigenvalue weighted by Crippen LogP contribution is -2.19. The number of primary sulfonamides is 1. The highest BCUT2D eigenvalue weighted by Gasteiger charge is 2.18. The molecule has 4 N–H and O–H groups in total. The lowest BCUT2D eigenvalue weighted by Gasteiger charge is -2.18. The van der Waals surface area contributed by atoms with Crippen molar-refractivity contribution in [2.45, 2.75) is 11.3 Å². The Bertz CT molecular complexity index is 495. The molecule has 6 nitrogen and oxygen atoms in total. The van der Waals surface area contributed by atoms with Crippen molar-refractivity contribution in [2.75, 3.05) is 23.9 Å². The molecule has 0 unspecified atom stereocenters. The average Bonchev–Trinajstić information content (AvgIpc) is 2.69. The highest BCUT2D eigenvalue weighted by molar-refractivity contribution is 7.89. The molecule has 0 aromatic heterocycles. The van der Waals surface area contributed by atoms with Crippen molar-refractivity contribution in [3.05, 3.63) is 18.2 Å². The van der Waals surface area contributed by atoms with E-state index in [1.165, 1.54) is 18.2 Å². The molecule has 16 heavy (non-hydrogen) atoms. The Kier molecular flexibility index (Phi) is 2.75. The third-order valence-electron chi connectivity index (χ3n) is 2.35. The number of benzene rings is 1. The van der Waals surface area contributed by atoms with Crippen LogP contribution in [0.4, 0.5) is 11.4 Å². The maximum absolute atomic E-state index is 11.2. The summed E-state index contributed by atoms with van der Waals surface area (Å²) in [6.07, 6.45) is 0.888. The highest BCUT2D eigenvalue weighted by Crippen LogP contribution is 2.28. The molecule has 0 aliphatic carbocycles. The Balaban J connectivity index is 2.44. The maximum Gasteiger partial charge on any atom is 0.238 e. The summed E-state index contributed by atoms with van der Waals surface area (Å²) in [5, 5.41) is 6.63. The maximum atomic E-state index is 11.2. The zero-order chi connectivity index (χ0) is 11.8. The average molecular weight is 243 g/mol. The van der Waals surface area contributed by atoms with Gasteiger partial charge in [0.25, 0.3) is 0 Å². The summed E-state index contributed by atoms with van der Waals surface area (Å²) in [4.78, 5) is 5.34. The van der Waals surface area contributed by atoms with Crippen LogP contribution < -0.4 is 15.9 Å². The van der Waals surface area contributed by atoms with E-state index in [0.717, 1.165) is 6.42 Å². The van der Waals surface area contributed by atoms with Gasteiger partial charge in [0.1, 0.15) is 0 Å². The molecule has 1 fully saturated rings. The van der Waals surface area contributed by atoms with Gasteiger partial charge in [-0.15, -0.1) is 0 Å². The minimum absolute atomic E-state index is 0.0344. The van der Waals surface area contributed by atoms with Gasteiger partial charge in [0.15, 0.2) is 0 Å². The molecule has 1 aliphatic rings. The van der Waals surface area contributed by atoms with E-state index in [0.29, 0.717) is 24.5 Å². The van der Waals surface area contributed by atoms with Crippen LogP contribution >= 0.6 is 0 Å². The number of nitrogen functional groups attached to an aromatic ring is 1. The van der Waals surface area contributed by atoms with Gasteiger partial charge < -0.3 is 5.73 Å². The van der Waals surface area contributed by atoms with Crippen LogP contribution in [-0.4, -0.2) is 21.6 Å². The van der Waals surface area contributed by atoms with Crippen molar-refractivity contribution in [2.24, 2.45) is 5.14 Å². The fourth-order valence-corrected chi connectivity index (χ4v) is 2.09. The molecular formula is C9H13N3O3S. The zero-order valence-electron chi connectivity index (χ0n) is 8.59. The minimum atomic E-state index is -3.71. The summed E-state index contributed by atoms with van der Waals surface area (Å²) in [6, 6.07) is 4.32. The third kappa shape index (κ3) is 2.11. The topological polar surface area (TPSA) is 98.7 Å². The summed E-state index contributed by atoms with van der Waals surface area (Å²) in [5.41, 5.74) is 6.77. The van der Waals surface area contributed by atoms with Crippen molar-refractivity contribution >= 4 is 21.4 Å². The van der Waals surface area contributed by atoms with Crippen LogP contribution in [0.15, 0.2) is 23.1 Å². The first-order valence-corrected chi connectivity index (χ1v) is 6.36. The summed E-state index contributed by atoms with van der Waals surface area (Å²) in [5.74, 6) is 0. The first-order valence-electron chi connectivity index (χ1n) is 4.81. The molecule has 0 atom stereocenters. The molecule has 1 aliphatic heterocycles. The second kappa shape index (κ2) is 3.93. The summed E-state index contributed by atoms with van der Waals surface area (Å²) >= 11 is 0. The number of anilines is 2. The van der Waals surface area contributed by atoms with Crippen LogP contribution in [0, 0.1) is 0 Å². The Labute approximate surface area is 93.8 Å². The summed E-state index contributed by atoms with van der Waals surface area (Å²) in [7, 11) is -3.71. The molecular weight excluding hydrogens is 230 g/mol. The van der Waals surface area contributed by atoms with E-state index in [9.17, 15) is 8.42 Å². The quantitative estimate of drug-likeness (QED) is 0.715. The largest absolute Gasteiger partial charge is 0.397 e. The molecule has 88 valence electrons. The second-order valence-corrected chi connectivity index (χ2v) is 5.12. The highest BCUT2D eigenvalue weighted by atomic mass is 32.2. The summed E-state index contributed by atoms with van der Waals surface area (Å²) in [6.45, 7) is 1.30. The Hall–Kier alpha value is -1.31. The van der Waals surface area contributed by atoms with Gasteiger partial charge in [-0.1, -0.05) is 0 Å². The predicted octanol–water partition coefficient (Wildman–Crippen LogP) is 0.0579. The van der Waals surface area contributed by atoms with Crippen LogP contribution in [0.3, 0.4) is 0 Å². The molecule has 1 heterocycles. The number of hydroxylamine groups is 1. The van der Waals surface area contributed by atoms with Crippen molar-refractivity contribution in [1.29, 1.82) is 0 Å². The third-order valence-corrected chi connectivity index (χ3v) is 3.26. The first-order chi connectivity index (χ1) is 7.48. The molecule has 0 saturated carbocycles. The molecule has 0 spiro atoms. The van der Waals surface area contributed by atoms with Crippen LogP contribution in [0.1, 0.15) is 6.42 Å². The van der Waals surface area contributed by atoms with E-state index < -0.39 is 10.0 Å². The molecule has 0 radical (unpaired) electrons. The van der Waals surface area contributed by atoms with Gasteiger partial charge in [0.2, 0.25) is 10.0 Å². The Morgan fingerprint density at radius 3 is 2.69 bits per heavy atom. The van der Waals surface area contributed by atoms with E-state index >= 15 is 0 Å². The van der Waals surface area contributed by atoms with E-state index in [1.807, 2.05) is 0 Å². The molecule has 0 bridgehead atoms. The number of nitrogens with two attached hydrogens (primary N) is 2. The summed E-state index contributed by atoms with van der Waals surface area (Å²) < 4.78 is 22.4. The van der Waals surface area contributed by atoms with Crippen LogP contribution in [0.5, 0.6) is 0 Å². The van der Waals surface area contributed by atoms with Crippen molar-refractivity contribution in [3.63, 3.8) is 0 Å². The fraction of sp³-hybridized carbons (Fsp3) is 0.333. The van der Waals surface area contributed by atoms with Crippen molar-refractivity contribution < 1.29 is 13.3 Å². The number of hydrogen-bond acceptors (Lipinski definition) is 5. The van der Waals surface area contributed by atoms with Gasteiger partial charge >= 0.3 is 0 Å². The number of nitrogens with zero attached hydrogens (tertiary/aromatic N) is 1. The lowest BCUT2D eigenvalue weighted by atomic mass is 10.2. The predicted molar refractivity (Wildman–Crippen MR) is 60.1 cm³/mol. The molecule has 1 aromatic rings. The SMILES string of the molecule is Nc1ccc(S(N)(=O)=O)cc1N1CCCO1. The van der Waals surface area contributed by atoms with E-state index in [1.54, 1.807) is 5.06 Å². The van der Waals surface area contributed by atoms with Crippen LogP contribution in [0.25, 0.3) is 0 Å². The fourth-order valence-electron chi connectivity index (χ4n) is 1.55. The van der Waals surface area contributed by atoms with Gasteiger partial charge in [-0.3, -0.25) is 9.90 Å². The standard InChI is InChI=1S/C9H13N3O3S/c10-8-3-2-7(16(11,13)14)6-9(8)12-4-1-5-15-12/h2-3,6H,1,4-5,10H2,(H2,11,13,14). The van der Waals surface area contributed by atoms with Gasteiger partial charge in [-0.05, 0) is 24.6 Å². The number of rotatable bonds is 2. The van der Waals surface area contributed by atoms with E-state index in [-0.39, 0.29) is 4.90 Å². The Morgan fingerprint density at radius 1 is 1.38 bits per heavy atom. The number of sulfonamides is 1. The van der Waals surface area contributed by atoms with Crippen LogP contribution in [0.2, 0.25) is 0 Å². The van der Waals surface area contributed by atoms with E-state index in [2.05, 4.69) is 0 Å². The zero-order valence-corrected chi connectivity index (χ0v) is 9.40. The normalized spacial score (nSPS) is 16.7. The number of hydrogen-bond donors (Lipinski definition) is 2. The van der Waals surface area contributed by atoms with Crippen molar-refractivity contribution in [3.8, 4) is 0 Å². The van der Waals surface area contributed by atoms with Gasteiger partial charge in [0.05, 0.1) is 22.9 Å². The molecule has 7 heteroatoms. The van der Waals surface area contributed by atoms with Crippen molar-refractivity contribution in [1.82, 2.24) is 0 Å². The van der Waals surface area contributed by atoms with Gasteiger partial charge in [-0.25, -0.2) is 13.6 Å². The molecule has 2 rings (SSSR count).